The molecule has 0 saturated heterocycles. The van der Waals surface area contributed by atoms with Crippen LogP contribution >= 0.6 is 0 Å². The smallest absolute Gasteiger partial charge is 0.240 e. The van der Waals surface area contributed by atoms with E-state index in [4.69, 9.17) is 10.8 Å². The summed E-state index contributed by atoms with van der Waals surface area (Å²) in [5, 5.41) is 8.98. The summed E-state index contributed by atoms with van der Waals surface area (Å²) in [5.74, 6) is 0. The summed E-state index contributed by atoms with van der Waals surface area (Å²) in [6.45, 7) is 3.38. The zero-order valence-corrected chi connectivity index (χ0v) is 10.8. The topological polar surface area (TPSA) is 92.4 Å². The Morgan fingerprint density at radius 1 is 1.47 bits per heavy atom. The molecule has 0 heterocycles. The Morgan fingerprint density at radius 2 is 2.12 bits per heavy atom. The van der Waals surface area contributed by atoms with Crippen LogP contribution in [0.4, 0.5) is 5.69 Å². The number of sulfonamides is 1. The third-order valence-corrected chi connectivity index (χ3v) is 4.11. The molecule has 0 amide bonds. The monoisotopic (exact) mass is 258 g/mol. The summed E-state index contributed by atoms with van der Waals surface area (Å²) in [4.78, 5) is 0.118. The fourth-order valence-corrected chi connectivity index (χ4v) is 2.67. The minimum absolute atomic E-state index is 0.118. The van der Waals surface area contributed by atoms with Gasteiger partial charge >= 0.3 is 0 Å². The number of aliphatic hydroxyl groups excluding tert-OH is 1. The number of nitrogens with one attached hydrogen (secondary N) is 1. The second kappa shape index (κ2) is 5.48. The highest BCUT2D eigenvalue weighted by atomic mass is 32.2. The van der Waals surface area contributed by atoms with Crippen LogP contribution in [0.15, 0.2) is 23.1 Å². The summed E-state index contributed by atoms with van der Waals surface area (Å²) in [5.41, 5.74) is 6.94. The molecule has 0 aliphatic carbocycles. The van der Waals surface area contributed by atoms with Crippen LogP contribution in [0.3, 0.4) is 0 Å². The molecule has 5 nitrogen and oxygen atoms in total. The first-order chi connectivity index (χ1) is 7.90. The molecule has 1 atom stereocenters. The van der Waals surface area contributed by atoms with Gasteiger partial charge in [0.2, 0.25) is 10.0 Å². The number of hydrogen-bond acceptors (Lipinski definition) is 4. The minimum Gasteiger partial charge on any atom is -0.398 e. The molecule has 4 N–H and O–H groups in total. The van der Waals surface area contributed by atoms with Crippen LogP contribution in [0.1, 0.15) is 18.9 Å². The summed E-state index contributed by atoms with van der Waals surface area (Å²) in [6, 6.07) is 4.10. The Labute approximate surface area is 102 Å². The van der Waals surface area contributed by atoms with Crippen LogP contribution in [0, 0.1) is 6.92 Å². The van der Waals surface area contributed by atoms with E-state index in [2.05, 4.69) is 4.72 Å². The van der Waals surface area contributed by atoms with Crippen LogP contribution < -0.4 is 10.5 Å². The van der Waals surface area contributed by atoms with E-state index in [1.807, 2.05) is 6.92 Å². The van der Waals surface area contributed by atoms with E-state index in [-0.39, 0.29) is 11.5 Å². The second-order valence-corrected chi connectivity index (χ2v) is 5.64. The number of anilines is 1. The molecule has 0 aliphatic rings. The lowest BCUT2D eigenvalue weighted by molar-refractivity contribution is 0.254. The van der Waals surface area contributed by atoms with E-state index in [0.717, 1.165) is 5.56 Å². The SMILES string of the molecule is CC[C@H](CO)NS(=O)(=O)c1ccc(C)c(N)c1. The third-order valence-electron chi connectivity index (χ3n) is 2.60. The fourth-order valence-electron chi connectivity index (χ4n) is 1.32. The molecule has 1 rings (SSSR count). The molecular weight excluding hydrogens is 240 g/mol. The highest BCUT2D eigenvalue weighted by Gasteiger charge is 2.18. The molecule has 0 radical (unpaired) electrons. The summed E-state index contributed by atoms with van der Waals surface area (Å²) >= 11 is 0. The quantitative estimate of drug-likeness (QED) is 0.675. The standard InChI is InChI=1S/C11H18N2O3S/c1-3-9(7-14)13-17(15,16)10-5-4-8(2)11(12)6-10/h4-6,9,13-14H,3,7,12H2,1-2H3/t9-/m1/s1. The molecule has 1 aromatic carbocycles. The van der Waals surface area contributed by atoms with Crippen LogP contribution in [0.5, 0.6) is 0 Å². The first kappa shape index (κ1) is 14.0. The van der Waals surface area contributed by atoms with Crippen molar-refractivity contribution in [3.8, 4) is 0 Å². The van der Waals surface area contributed by atoms with Gasteiger partial charge in [-0.15, -0.1) is 0 Å². The van der Waals surface area contributed by atoms with Gasteiger partial charge in [-0.25, -0.2) is 13.1 Å². The van der Waals surface area contributed by atoms with Gasteiger partial charge < -0.3 is 10.8 Å². The fraction of sp³-hybridized carbons (Fsp3) is 0.455. The molecule has 0 fully saturated rings. The lowest BCUT2D eigenvalue weighted by Gasteiger charge is -2.14. The maximum absolute atomic E-state index is 11.9. The number of aryl methyl sites for hydroxylation is 1. The Hall–Kier alpha value is -1.11. The second-order valence-electron chi connectivity index (χ2n) is 3.93. The molecular formula is C11H18N2O3S. The molecule has 0 saturated carbocycles. The number of benzene rings is 1. The van der Waals surface area contributed by atoms with Crippen molar-refractivity contribution in [2.45, 2.75) is 31.2 Å². The predicted octanol–water partition coefficient (Wildman–Crippen LogP) is 0.626. The van der Waals surface area contributed by atoms with Gasteiger partial charge in [0.25, 0.3) is 0 Å². The minimum atomic E-state index is -3.61. The first-order valence-electron chi connectivity index (χ1n) is 5.40. The van der Waals surface area contributed by atoms with Gasteiger partial charge in [-0.05, 0) is 31.0 Å². The molecule has 0 spiro atoms. The van der Waals surface area contributed by atoms with Crippen LogP contribution in [-0.4, -0.2) is 26.2 Å². The van der Waals surface area contributed by atoms with Crippen molar-refractivity contribution in [3.63, 3.8) is 0 Å². The molecule has 1 aromatic rings. The average molecular weight is 258 g/mol. The van der Waals surface area contributed by atoms with Crippen molar-refractivity contribution in [3.05, 3.63) is 23.8 Å². The normalized spacial score (nSPS) is 13.6. The molecule has 17 heavy (non-hydrogen) atoms. The predicted molar refractivity (Wildman–Crippen MR) is 67.1 cm³/mol. The van der Waals surface area contributed by atoms with Crippen LogP contribution in [0.25, 0.3) is 0 Å². The largest absolute Gasteiger partial charge is 0.398 e. The van der Waals surface area contributed by atoms with Crippen molar-refractivity contribution in [1.29, 1.82) is 0 Å². The van der Waals surface area contributed by atoms with E-state index in [0.29, 0.717) is 12.1 Å². The highest BCUT2D eigenvalue weighted by molar-refractivity contribution is 7.89. The zero-order chi connectivity index (χ0) is 13.1. The average Bonchev–Trinajstić information content (AvgIpc) is 2.29. The Kier molecular flexibility index (Phi) is 4.50. The number of nitrogens with two attached hydrogens (primary N) is 1. The van der Waals surface area contributed by atoms with Gasteiger partial charge in [0, 0.05) is 11.7 Å². The van der Waals surface area contributed by atoms with Crippen molar-refractivity contribution in [1.82, 2.24) is 4.72 Å². The van der Waals surface area contributed by atoms with Crippen LogP contribution in [-0.2, 0) is 10.0 Å². The molecule has 96 valence electrons. The molecule has 0 unspecified atom stereocenters. The van der Waals surface area contributed by atoms with E-state index < -0.39 is 16.1 Å². The lowest BCUT2D eigenvalue weighted by atomic mass is 10.2. The van der Waals surface area contributed by atoms with E-state index in [1.54, 1.807) is 13.0 Å². The van der Waals surface area contributed by atoms with Crippen molar-refractivity contribution < 1.29 is 13.5 Å². The Balaban J connectivity index is 3.01. The molecule has 6 heteroatoms. The van der Waals surface area contributed by atoms with Gasteiger partial charge in [-0.1, -0.05) is 13.0 Å². The Morgan fingerprint density at radius 3 is 2.59 bits per heavy atom. The van der Waals surface area contributed by atoms with Gasteiger partial charge in [-0.3, -0.25) is 0 Å². The van der Waals surface area contributed by atoms with Gasteiger partial charge in [0.1, 0.15) is 0 Å². The van der Waals surface area contributed by atoms with Crippen LogP contribution in [0.2, 0.25) is 0 Å². The summed E-state index contributed by atoms with van der Waals surface area (Å²) in [7, 11) is -3.61. The van der Waals surface area contributed by atoms with E-state index >= 15 is 0 Å². The van der Waals surface area contributed by atoms with Gasteiger partial charge in [0.15, 0.2) is 0 Å². The third kappa shape index (κ3) is 3.42. The molecule has 0 aliphatic heterocycles. The Bertz CT molecular complexity index is 481. The summed E-state index contributed by atoms with van der Waals surface area (Å²) < 4.78 is 26.3. The van der Waals surface area contributed by atoms with Crippen molar-refractivity contribution in [2.75, 3.05) is 12.3 Å². The van der Waals surface area contributed by atoms with E-state index in [1.165, 1.54) is 12.1 Å². The zero-order valence-electron chi connectivity index (χ0n) is 9.97. The van der Waals surface area contributed by atoms with Gasteiger partial charge in [-0.2, -0.15) is 0 Å². The number of hydrogen-bond donors (Lipinski definition) is 3. The highest BCUT2D eigenvalue weighted by Crippen LogP contribution is 2.17. The van der Waals surface area contributed by atoms with Crippen molar-refractivity contribution in [2.24, 2.45) is 0 Å². The molecule has 0 aromatic heterocycles. The van der Waals surface area contributed by atoms with Crippen molar-refractivity contribution >= 4 is 15.7 Å². The maximum Gasteiger partial charge on any atom is 0.240 e. The number of rotatable bonds is 5. The summed E-state index contributed by atoms with van der Waals surface area (Å²) in [6.07, 6.45) is 0.525. The lowest BCUT2D eigenvalue weighted by Crippen LogP contribution is -2.36. The van der Waals surface area contributed by atoms with Gasteiger partial charge in [0.05, 0.1) is 11.5 Å². The van der Waals surface area contributed by atoms with E-state index in [9.17, 15) is 8.42 Å². The number of nitrogen functional groups attached to an aromatic ring is 1. The maximum atomic E-state index is 11.9. The number of aliphatic hydroxyl groups is 1. The molecule has 0 bridgehead atoms. The first-order valence-corrected chi connectivity index (χ1v) is 6.88.